The molecule has 0 aromatic carbocycles. The number of aromatic nitrogens is 4. The number of aromatic amines is 1. The molecule has 0 atom stereocenters. The molecule has 0 amide bonds. The molecule has 27 heavy (non-hydrogen) atoms. The van der Waals surface area contributed by atoms with Gasteiger partial charge in [-0.05, 0) is 45.6 Å². The van der Waals surface area contributed by atoms with E-state index >= 15 is 0 Å². The van der Waals surface area contributed by atoms with Crippen LogP contribution in [0.5, 0.6) is 0 Å². The molecule has 4 heterocycles. The summed E-state index contributed by atoms with van der Waals surface area (Å²) in [6.45, 7) is 7.44. The Kier molecular flexibility index (Phi) is 5.87. The molecule has 0 bridgehead atoms. The van der Waals surface area contributed by atoms with Gasteiger partial charge in [0.05, 0.1) is 0 Å². The number of anilines is 2. The molecule has 0 aliphatic carbocycles. The van der Waals surface area contributed by atoms with Crippen LogP contribution in [-0.4, -0.2) is 58.7 Å². The first kappa shape index (κ1) is 18.2. The Balaban J connectivity index is 1.25. The molecular weight excluding hydrogens is 338 g/mol. The number of nitrogens with zero attached hydrogens (tertiary/aromatic N) is 5. The van der Waals surface area contributed by atoms with E-state index in [4.69, 9.17) is 4.98 Å². The average molecular weight is 370 g/mol. The smallest absolute Gasteiger partial charge is 0.227 e. The van der Waals surface area contributed by atoms with Gasteiger partial charge < -0.3 is 20.1 Å². The summed E-state index contributed by atoms with van der Waals surface area (Å²) in [5.74, 6) is 3.10. The summed E-state index contributed by atoms with van der Waals surface area (Å²) < 4.78 is 0. The van der Waals surface area contributed by atoms with Crippen LogP contribution in [0.4, 0.5) is 11.8 Å². The second-order valence-corrected chi connectivity index (χ2v) is 7.72. The Morgan fingerprint density at radius 1 is 1.11 bits per heavy atom. The number of aryl methyl sites for hydroxylation is 2. The minimum Gasteiger partial charge on any atom is -0.356 e. The largest absolute Gasteiger partial charge is 0.356 e. The normalized spacial score (nSPS) is 18.4. The van der Waals surface area contributed by atoms with Crippen molar-refractivity contribution in [2.24, 2.45) is 0 Å². The number of imidazole rings is 1. The first-order valence-corrected chi connectivity index (χ1v) is 10.3. The van der Waals surface area contributed by atoms with Gasteiger partial charge in [-0.2, -0.15) is 4.98 Å². The van der Waals surface area contributed by atoms with Crippen LogP contribution < -0.4 is 15.1 Å². The van der Waals surface area contributed by atoms with E-state index in [0.29, 0.717) is 6.04 Å². The van der Waals surface area contributed by atoms with Crippen molar-refractivity contribution in [3.8, 4) is 0 Å². The van der Waals surface area contributed by atoms with Gasteiger partial charge in [0.1, 0.15) is 11.6 Å². The summed E-state index contributed by atoms with van der Waals surface area (Å²) >= 11 is 0. The highest BCUT2D eigenvalue weighted by atomic mass is 15.3. The lowest BCUT2D eigenvalue weighted by Crippen LogP contribution is -2.43. The fraction of sp³-hybridized carbons (Fsp3) is 0.650. The topological polar surface area (TPSA) is 73.0 Å². The van der Waals surface area contributed by atoms with E-state index in [2.05, 4.69) is 43.1 Å². The molecule has 0 saturated carbocycles. The number of hydrogen-bond acceptors (Lipinski definition) is 6. The van der Waals surface area contributed by atoms with Crippen molar-refractivity contribution in [1.82, 2.24) is 25.3 Å². The highest BCUT2D eigenvalue weighted by Gasteiger charge is 2.22. The molecule has 4 rings (SSSR count). The van der Waals surface area contributed by atoms with Gasteiger partial charge in [-0.1, -0.05) is 0 Å². The maximum absolute atomic E-state index is 4.88. The molecule has 0 radical (unpaired) electrons. The van der Waals surface area contributed by atoms with Gasteiger partial charge in [-0.25, -0.2) is 9.97 Å². The van der Waals surface area contributed by atoms with Crippen LogP contribution in [0.25, 0.3) is 0 Å². The van der Waals surface area contributed by atoms with Gasteiger partial charge in [0.25, 0.3) is 0 Å². The number of H-pyrrole nitrogens is 1. The van der Waals surface area contributed by atoms with Crippen LogP contribution in [0.1, 0.15) is 43.6 Å². The second kappa shape index (κ2) is 8.69. The Hall–Kier alpha value is -2.15. The van der Waals surface area contributed by atoms with E-state index in [1.165, 1.54) is 25.7 Å². The van der Waals surface area contributed by atoms with E-state index in [-0.39, 0.29) is 0 Å². The van der Waals surface area contributed by atoms with Gasteiger partial charge in [0.2, 0.25) is 5.95 Å². The third-order valence-corrected chi connectivity index (χ3v) is 5.61. The molecule has 2 aromatic rings. The first-order valence-electron chi connectivity index (χ1n) is 10.3. The van der Waals surface area contributed by atoms with Crippen molar-refractivity contribution in [2.45, 2.75) is 51.5 Å². The van der Waals surface area contributed by atoms with Crippen LogP contribution >= 0.6 is 0 Å². The molecule has 7 heteroatoms. The van der Waals surface area contributed by atoms with Gasteiger partial charge in [-0.3, -0.25) is 0 Å². The zero-order valence-corrected chi connectivity index (χ0v) is 16.3. The number of nitrogens with one attached hydrogen (secondary N) is 2. The van der Waals surface area contributed by atoms with E-state index < -0.39 is 0 Å². The van der Waals surface area contributed by atoms with Gasteiger partial charge in [0.15, 0.2) is 0 Å². The van der Waals surface area contributed by atoms with Crippen molar-refractivity contribution < 1.29 is 0 Å². The average Bonchev–Trinajstić information content (AvgIpc) is 3.39. The minimum absolute atomic E-state index is 0.610. The maximum Gasteiger partial charge on any atom is 0.227 e. The second-order valence-electron chi connectivity index (χ2n) is 7.72. The lowest BCUT2D eigenvalue weighted by atomic mass is 10.0. The Morgan fingerprint density at radius 3 is 2.67 bits per heavy atom. The van der Waals surface area contributed by atoms with Gasteiger partial charge >= 0.3 is 0 Å². The molecule has 2 saturated heterocycles. The summed E-state index contributed by atoms with van der Waals surface area (Å²) in [6.07, 6.45) is 10.7. The summed E-state index contributed by atoms with van der Waals surface area (Å²) in [5, 5.41) is 3.71. The van der Waals surface area contributed by atoms with Crippen molar-refractivity contribution in [1.29, 1.82) is 0 Å². The highest BCUT2D eigenvalue weighted by molar-refractivity contribution is 5.46. The van der Waals surface area contributed by atoms with E-state index in [1.807, 2.05) is 12.4 Å². The van der Waals surface area contributed by atoms with Crippen molar-refractivity contribution in [3.05, 3.63) is 30.0 Å². The molecule has 0 unspecified atom stereocenters. The van der Waals surface area contributed by atoms with Gasteiger partial charge in [0, 0.05) is 62.8 Å². The number of piperidine rings is 1. The minimum atomic E-state index is 0.610. The van der Waals surface area contributed by atoms with E-state index in [1.54, 1.807) is 0 Å². The fourth-order valence-corrected chi connectivity index (χ4v) is 4.07. The lowest BCUT2D eigenvalue weighted by Gasteiger charge is -2.33. The molecule has 2 fully saturated rings. The van der Waals surface area contributed by atoms with Crippen molar-refractivity contribution in [2.75, 3.05) is 42.5 Å². The zero-order valence-electron chi connectivity index (χ0n) is 16.3. The van der Waals surface area contributed by atoms with Crippen LogP contribution in [-0.2, 0) is 6.42 Å². The third kappa shape index (κ3) is 4.77. The number of hydrogen-bond donors (Lipinski definition) is 2. The molecule has 146 valence electrons. The molecule has 2 N–H and O–H groups in total. The monoisotopic (exact) mass is 369 g/mol. The molecule has 2 aliphatic rings. The van der Waals surface area contributed by atoms with Crippen molar-refractivity contribution >= 4 is 11.8 Å². The van der Waals surface area contributed by atoms with Crippen LogP contribution in [0.2, 0.25) is 0 Å². The highest BCUT2D eigenvalue weighted by Crippen LogP contribution is 2.23. The molecule has 0 spiro atoms. The summed E-state index contributed by atoms with van der Waals surface area (Å²) in [6, 6.07) is 2.75. The van der Waals surface area contributed by atoms with E-state index in [9.17, 15) is 0 Å². The predicted molar refractivity (Wildman–Crippen MR) is 108 cm³/mol. The van der Waals surface area contributed by atoms with Crippen LogP contribution in [0.15, 0.2) is 18.5 Å². The van der Waals surface area contributed by atoms with Crippen molar-refractivity contribution in [3.63, 3.8) is 0 Å². The Morgan fingerprint density at radius 2 is 1.93 bits per heavy atom. The lowest BCUT2D eigenvalue weighted by molar-refractivity contribution is 0.411. The molecule has 2 aliphatic heterocycles. The first-order chi connectivity index (χ1) is 13.3. The van der Waals surface area contributed by atoms with Crippen LogP contribution in [0, 0.1) is 6.92 Å². The summed E-state index contributed by atoms with van der Waals surface area (Å²) in [7, 11) is 0. The standard InChI is InChI=1S/C20H31N7/c1-16-15-19(25-20(24-16)27-11-2-3-12-27)26-13-6-17(7-14-26)21-8-4-5-18-22-9-10-23-18/h9-10,15,17,21H,2-8,11-14H2,1H3,(H,22,23). The molecule has 2 aromatic heterocycles. The SMILES string of the molecule is Cc1cc(N2CCC(NCCCc3ncc[nH]3)CC2)nc(N2CCCC2)n1. The third-order valence-electron chi connectivity index (χ3n) is 5.61. The van der Waals surface area contributed by atoms with E-state index in [0.717, 1.165) is 68.8 Å². The van der Waals surface area contributed by atoms with Gasteiger partial charge in [-0.15, -0.1) is 0 Å². The molecule has 7 nitrogen and oxygen atoms in total. The molecular formula is C20H31N7. The Labute approximate surface area is 161 Å². The summed E-state index contributed by atoms with van der Waals surface area (Å²) in [5.41, 5.74) is 1.07. The quantitative estimate of drug-likeness (QED) is 0.730. The predicted octanol–water partition coefficient (Wildman–Crippen LogP) is 2.30. The Bertz CT molecular complexity index is 701. The zero-order chi connectivity index (χ0) is 18.5. The fourth-order valence-electron chi connectivity index (χ4n) is 4.07. The maximum atomic E-state index is 4.88. The van der Waals surface area contributed by atoms with Crippen LogP contribution in [0.3, 0.4) is 0 Å². The summed E-state index contributed by atoms with van der Waals surface area (Å²) in [4.78, 5) is 21.7. The number of rotatable bonds is 7.